The number of ether oxygens (including phenoxy) is 2. The Morgan fingerprint density at radius 2 is 1.71 bits per heavy atom. The first kappa shape index (κ1) is 23.7. The highest BCUT2D eigenvalue weighted by Crippen LogP contribution is 2.39. The van der Waals surface area contributed by atoms with Gasteiger partial charge >= 0.3 is 5.91 Å². The molecule has 0 spiro atoms. The van der Waals surface area contributed by atoms with Crippen LogP contribution in [0.1, 0.15) is 24.6 Å². The Bertz CT molecular complexity index is 1690. The number of hydrogen-bond acceptors (Lipinski definition) is 5. The predicted octanol–water partition coefficient (Wildman–Crippen LogP) is 3.73. The zero-order chi connectivity index (χ0) is 26.4. The van der Waals surface area contributed by atoms with Crippen molar-refractivity contribution in [3.63, 3.8) is 0 Å². The van der Waals surface area contributed by atoms with Gasteiger partial charge in [0.1, 0.15) is 5.57 Å². The number of halogens is 1. The van der Waals surface area contributed by atoms with Gasteiger partial charge in [-0.15, -0.1) is 0 Å². The SMILES string of the molecule is CCCc1[nH]n(-c2cccc(Cl)c2)c(=O)c1C1=C([n+]2ccccc2)C(=O)N(c2ccc3c(c2)OCO3)C1=O. The molecule has 2 aliphatic rings. The number of nitrogens with one attached hydrogen (secondary N) is 1. The van der Waals surface area contributed by atoms with Gasteiger partial charge in [-0.1, -0.05) is 37.1 Å². The summed E-state index contributed by atoms with van der Waals surface area (Å²) in [5.74, 6) is -0.203. The number of carbonyl (C=O) groups excluding carboxylic acids is 2. The number of anilines is 1. The molecule has 0 radical (unpaired) electrons. The Morgan fingerprint density at radius 1 is 0.921 bits per heavy atom. The van der Waals surface area contributed by atoms with Crippen LogP contribution in [0.3, 0.4) is 0 Å². The predicted molar refractivity (Wildman–Crippen MR) is 140 cm³/mol. The van der Waals surface area contributed by atoms with Gasteiger partial charge in [0, 0.05) is 28.9 Å². The van der Waals surface area contributed by atoms with E-state index in [1.54, 1.807) is 77.6 Å². The summed E-state index contributed by atoms with van der Waals surface area (Å²) in [5, 5.41) is 3.61. The molecule has 2 aliphatic heterocycles. The maximum atomic E-state index is 14.1. The van der Waals surface area contributed by atoms with E-state index in [4.69, 9.17) is 21.1 Å². The molecule has 2 aromatic heterocycles. The number of fused-ring (bicyclic) bond motifs is 1. The van der Waals surface area contributed by atoms with Gasteiger partial charge in [-0.3, -0.25) is 19.5 Å². The first-order chi connectivity index (χ1) is 18.5. The van der Waals surface area contributed by atoms with Crippen molar-refractivity contribution in [3.05, 3.63) is 99.7 Å². The Labute approximate surface area is 222 Å². The standard InChI is InChI=1S/C28H21ClN4O5/c1-2-7-20-23(27(35)33(30-20)19-9-6-8-17(29)14-19)24-25(31-12-4-3-5-13-31)28(36)32(26(24)34)18-10-11-21-22(15-18)38-16-37-21/h3-6,8-15H,2,7,16H2,1H3/p+1. The summed E-state index contributed by atoms with van der Waals surface area (Å²) in [6, 6.07) is 17.0. The van der Waals surface area contributed by atoms with E-state index in [1.165, 1.54) is 4.68 Å². The molecule has 0 saturated carbocycles. The highest BCUT2D eigenvalue weighted by Gasteiger charge is 2.48. The molecular weight excluding hydrogens is 508 g/mol. The third kappa shape index (κ3) is 3.79. The van der Waals surface area contributed by atoms with Crippen LogP contribution in [-0.4, -0.2) is 28.4 Å². The quantitative estimate of drug-likeness (QED) is 0.303. The lowest BCUT2D eigenvalue weighted by Gasteiger charge is -2.14. The number of imide groups is 1. The van der Waals surface area contributed by atoms with E-state index < -0.39 is 17.4 Å². The number of amides is 2. The van der Waals surface area contributed by atoms with Gasteiger partial charge in [-0.05, 0) is 36.8 Å². The molecule has 4 heterocycles. The van der Waals surface area contributed by atoms with Crippen LogP contribution in [0.15, 0.2) is 77.9 Å². The zero-order valence-corrected chi connectivity index (χ0v) is 21.1. The third-order valence-electron chi connectivity index (χ3n) is 6.43. The average Bonchev–Trinajstić information content (AvgIpc) is 3.58. The minimum absolute atomic E-state index is 0.0225. The third-order valence-corrected chi connectivity index (χ3v) is 6.66. The van der Waals surface area contributed by atoms with Crippen LogP contribution in [0.4, 0.5) is 5.69 Å². The second-order valence-electron chi connectivity index (χ2n) is 8.83. The number of aromatic nitrogens is 3. The van der Waals surface area contributed by atoms with Crippen LogP contribution < -0.4 is 24.5 Å². The summed E-state index contributed by atoms with van der Waals surface area (Å²) < 4.78 is 13.8. The van der Waals surface area contributed by atoms with Crippen molar-refractivity contribution < 1.29 is 23.6 Å². The maximum absolute atomic E-state index is 14.1. The van der Waals surface area contributed by atoms with E-state index in [2.05, 4.69) is 5.10 Å². The van der Waals surface area contributed by atoms with Gasteiger partial charge in [0.25, 0.3) is 17.2 Å². The van der Waals surface area contributed by atoms with Crippen molar-refractivity contribution >= 4 is 40.4 Å². The highest BCUT2D eigenvalue weighted by atomic mass is 35.5. The van der Waals surface area contributed by atoms with Crippen molar-refractivity contribution in [1.82, 2.24) is 9.78 Å². The molecule has 4 aromatic rings. The molecule has 6 rings (SSSR count). The first-order valence-corrected chi connectivity index (χ1v) is 12.4. The van der Waals surface area contributed by atoms with Gasteiger partial charge < -0.3 is 9.47 Å². The number of hydrogen-bond donors (Lipinski definition) is 1. The molecule has 0 saturated heterocycles. The summed E-state index contributed by atoms with van der Waals surface area (Å²) in [6.07, 6.45) is 4.54. The van der Waals surface area contributed by atoms with Gasteiger partial charge in [0.05, 0.1) is 16.9 Å². The van der Waals surface area contributed by atoms with Crippen LogP contribution >= 0.6 is 11.6 Å². The number of carbonyl (C=O) groups is 2. The lowest BCUT2D eigenvalue weighted by Crippen LogP contribution is -2.39. The Balaban J connectivity index is 1.58. The van der Waals surface area contributed by atoms with Gasteiger partial charge in [0.2, 0.25) is 6.79 Å². The maximum Gasteiger partial charge on any atom is 0.331 e. The number of H-pyrrole nitrogens is 1. The van der Waals surface area contributed by atoms with Crippen LogP contribution in [0.5, 0.6) is 11.5 Å². The number of nitrogens with zero attached hydrogens (tertiary/aromatic N) is 3. The lowest BCUT2D eigenvalue weighted by molar-refractivity contribution is -0.576. The summed E-state index contributed by atoms with van der Waals surface area (Å²) in [5.41, 5.74) is 1.19. The van der Waals surface area contributed by atoms with E-state index in [0.29, 0.717) is 46.4 Å². The molecule has 1 N–H and O–H groups in total. The number of aryl methyl sites for hydroxylation is 1. The monoisotopic (exact) mass is 529 g/mol. The minimum atomic E-state index is -0.605. The van der Waals surface area contributed by atoms with Crippen molar-refractivity contribution in [3.8, 4) is 17.2 Å². The number of pyridine rings is 1. The Kier molecular flexibility index (Phi) is 5.84. The molecule has 10 heteroatoms. The van der Waals surface area contributed by atoms with Gasteiger partial charge in [-0.25, -0.2) is 9.58 Å². The van der Waals surface area contributed by atoms with E-state index in [9.17, 15) is 14.4 Å². The second kappa shape index (κ2) is 9.35. The number of rotatable bonds is 6. The topological polar surface area (TPSA) is 97.5 Å². The summed E-state index contributed by atoms with van der Waals surface area (Å²) in [7, 11) is 0. The first-order valence-electron chi connectivity index (χ1n) is 12.1. The Hall–Kier alpha value is -4.63. The van der Waals surface area contributed by atoms with Crippen LogP contribution in [0.2, 0.25) is 5.02 Å². The fourth-order valence-electron chi connectivity index (χ4n) is 4.76. The zero-order valence-electron chi connectivity index (χ0n) is 20.3. The molecule has 0 atom stereocenters. The van der Waals surface area contributed by atoms with Crippen molar-refractivity contribution in [1.29, 1.82) is 0 Å². The molecule has 2 aromatic carbocycles. The Morgan fingerprint density at radius 3 is 2.47 bits per heavy atom. The fraction of sp³-hybridized carbons (Fsp3) is 0.143. The van der Waals surface area contributed by atoms with Gasteiger partial charge in [-0.2, -0.15) is 4.57 Å². The number of aromatic amines is 1. The molecule has 0 fully saturated rings. The smallest absolute Gasteiger partial charge is 0.331 e. The highest BCUT2D eigenvalue weighted by molar-refractivity contribution is 6.53. The molecule has 0 bridgehead atoms. The molecule has 0 aliphatic carbocycles. The van der Waals surface area contributed by atoms with Crippen molar-refractivity contribution in [2.45, 2.75) is 19.8 Å². The molecule has 9 nitrogen and oxygen atoms in total. The number of benzene rings is 2. The van der Waals surface area contributed by atoms with E-state index in [0.717, 1.165) is 4.90 Å². The van der Waals surface area contributed by atoms with E-state index in [-0.39, 0.29) is 23.6 Å². The fourth-order valence-corrected chi connectivity index (χ4v) is 4.94. The van der Waals surface area contributed by atoms with Crippen LogP contribution in [0, 0.1) is 0 Å². The molecule has 2 amide bonds. The average molecular weight is 530 g/mol. The largest absolute Gasteiger partial charge is 0.454 e. The summed E-state index contributed by atoms with van der Waals surface area (Å²) in [6.45, 7) is 2.03. The normalized spacial score (nSPS) is 14.6. The van der Waals surface area contributed by atoms with Crippen LogP contribution in [-0.2, 0) is 16.0 Å². The lowest BCUT2D eigenvalue weighted by atomic mass is 10.0. The molecular formula is C28H22ClN4O5+. The molecule has 190 valence electrons. The van der Waals surface area contributed by atoms with Crippen molar-refractivity contribution in [2.75, 3.05) is 11.7 Å². The van der Waals surface area contributed by atoms with E-state index in [1.807, 2.05) is 6.92 Å². The second-order valence-corrected chi connectivity index (χ2v) is 9.26. The summed E-state index contributed by atoms with van der Waals surface area (Å²) >= 11 is 6.19. The van der Waals surface area contributed by atoms with Crippen LogP contribution in [0.25, 0.3) is 17.0 Å². The van der Waals surface area contributed by atoms with E-state index >= 15 is 0 Å². The minimum Gasteiger partial charge on any atom is -0.454 e. The van der Waals surface area contributed by atoms with Crippen molar-refractivity contribution in [2.24, 2.45) is 0 Å². The molecule has 0 unspecified atom stereocenters. The van der Waals surface area contributed by atoms with Gasteiger partial charge in [0.15, 0.2) is 23.9 Å². The summed E-state index contributed by atoms with van der Waals surface area (Å²) in [4.78, 5) is 43.0. The molecule has 38 heavy (non-hydrogen) atoms.